The summed E-state index contributed by atoms with van der Waals surface area (Å²) < 4.78 is 45.1. The van der Waals surface area contributed by atoms with Crippen molar-refractivity contribution in [1.29, 1.82) is 0 Å². The van der Waals surface area contributed by atoms with Crippen molar-refractivity contribution < 1.29 is 27.4 Å². The fourth-order valence-corrected chi connectivity index (χ4v) is 3.84. The number of carboxylic acids is 1. The number of rotatable bonds is 9. The van der Waals surface area contributed by atoms with E-state index in [0.717, 1.165) is 5.56 Å². The third kappa shape index (κ3) is 6.76. The maximum atomic E-state index is 13.4. The van der Waals surface area contributed by atoms with Crippen molar-refractivity contribution in [3.05, 3.63) is 57.1 Å². The van der Waals surface area contributed by atoms with E-state index in [2.05, 4.69) is 4.72 Å². The van der Waals surface area contributed by atoms with E-state index in [4.69, 9.17) is 33.0 Å². The molecule has 0 radical (unpaired) electrons. The summed E-state index contributed by atoms with van der Waals surface area (Å²) in [5.41, 5.74) is 2.26. The monoisotopic (exact) mass is 463 g/mol. The van der Waals surface area contributed by atoms with Crippen molar-refractivity contribution in [3.63, 3.8) is 0 Å². The van der Waals surface area contributed by atoms with E-state index in [9.17, 15) is 17.6 Å². The van der Waals surface area contributed by atoms with Crippen LogP contribution in [0.3, 0.4) is 0 Å². The summed E-state index contributed by atoms with van der Waals surface area (Å²) in [6.07, 6.45) is -2.43. The number of nitrogens with one attached hydrogen (secondary N) is 1. The molecule has 0 aliphatic carbocycles. The molecule has 0 saturated carbocycles. The number of halogens is 3. The molecular weight excluding hydrogens is 444 g/mol. The SMILES string of the molecule is CCS(=O)(=O)Nc1cc(C)cc(COc2c(Cl)cc(CC(F)C(=O)O)cc2Cl)c1. The van der Waals surface area contributed by atoms with Crippen LogP contribution in [-0.4, -0.2) is 31.4 Å². The Morgan fingerprint density at radius 1 is 1.17 bits per heavy atom. The third-order valence-corrected chi connectivity index (χ3v) is 5.78. The van der Waals surface area contributed by atoms with Gasteiger partial charge in [-0.05, 0) is 54.8 Å². The van der Waals surface area contributed by atoms with E-state index in [1.165, 1.54) is 19.1 Å². The molecular formula is C19H20Cl2FNO5S. The summed E-state index contributed by atoms with van der Waals surface area (Å²) in [7, 11) is -3.41. The van der Waals surface area contributed by atoms with Crippen molar-refractivity contribution in [2.24, 2.45) is 0 Å². The molecule has 0 spiro atoms. The molecule has 0 fully saturated rings. The fraction of sp³-hybridized carbons (Fsp3) is 0.316. The zero-order valence-corrected chi connectivity index (χ0v) is 18.0. The highest BCUT2D eigenvalue weighted by atomic mass is 35.5. The minimum absolute atomic E-state index is 0.0496. The molecule has 6 nitrogen and oxygen atoms in total. The van der Waals surface area contributed by atoms with Crippen molar-refractivity contribution in [3.8, 4) is 5.75 Å². The Balaban J connectivity index is 2.17. The first-order valence-corrected chi connectivity index (χ1v) is 11.0. The van der Waals surface area contributed by atoms with Crippen molar-refractivity contribution >= 4 is 44.9 Å². The van der Waals surface area contributed by atoms with Crippen LogP contribution in [0.1, 0.15) is 23.6 Å². The topological polar surface area (TPSA) is 92.7 Å². The van der Waals surface area contributed by atoms with E-state index >= 15 is 0 Å². The van der Waals surface area contributed by atoms with Gasteiger partial charge in [-0.15, -0.1) is 0 Å². The number of aliphatic carboxylic acids is 1. The molecule has 0 aromatic heterocycles. The van der Waals surface area contributed by atoms with Crippen LogP contribution in [0, 0.1) is 6.92 Å². The number of benzene rings is 2. The Kier molecular flexibility index (Phi) is 7.73. The highest BCUT2D eigenvalue weighted by Gasteiger charge is 2.19. The van der Waals surface area contributed by atoms with Gasteiger partial charge in [-0.2, -0.15) is 0 Å². The van der Waals surface area contributed by atoms with Gasteiger partial charge in [-0.1, -0.05) is 29.3 Å². The van der Waals surface area contributed by atoms with Crippen LogP contribution in [0.15, 0.2) is 30.3 Å². The predicted molar refractivity (Wildman–Crippen MR) is 111 cm³/mol. The van der Waals surface area contributed by atoms with E-state index < -0.39 is 22.2 Å². The second-order valence-corrected chi connectivity index (χ2v) is 9.23. The quantitative estimate of drug-likeness (QED) is 0.566. The third-order valence-electron chi connectivity index (χ3n) is 3.91. The number of anilines is 1. The lowest BCUT2D eigenvalue weighted by molar-refractivity contribution is -0.142. The molecule has 0 bridgehead atoms. The lowest BCUT2D eigenvalue weighted by atomic mass is 10.1. The number of aryl methyl sites for hydroxylation is 1. The first kappa shape index (κ1) is 23.3. The summed E-state index contributed by atoms with van der Waals surface area (Å²) in [5.74, 6) is -1.45. The Bertz CT molecular complexity index is 991. The molecule has 1 unspecified atom stereocenters. The van der Waals surface area contributed by atoms with Gasteiger partial charge in [0.05, 0.1) is 15.8 Å². The van der Waals surface area contributed by atoms with E-state index in [1.807, 2.05) is 13.0 Å². The summed E-state index contributed by atoms with van der Waals surface area (Å²) in [5, 5.41) is 8.90. The van der Waals surface area contributed by atoms with Crippen LogP contribution < -0.4 is 9.46 Å². The van der Waals surface area contributed by atoms with Crippen molar-refractivity contribution in [1.82, 2.24) is 0 Å². The van der Waals surface area contributed by atoms with Crippen LogP contribution in [0.4, 0.5) is 10.1 Å². The van der Waals surface area contributed by atoms with Crippen LogP contribution in [0.5, 0.6) is 5.75 Å². The largest absolute Gasteiger partial charge is 0.486 e. The number of hydrogen-bond donors (Lipinski definition) is 2. The lowest BCUT2D eigenvalue weighted by Gasteiger charge is -2.14. The zero-order chi connectivity index (χ0) is 21.8. The van der Waals surface area contributed by atoms with Crippen LogP contribution in [0.25, 0.3) is 0 Å². The predicted octanol–water partition coefficient (Wildman–Crippen LogP) is 4.61. The second-order valence-electron chi connectivity index (χ2n) is 6.40. The van der Waals surface area contributed by atoms with Gasteiger partial charge in [-0.3, -0.25) is 4.72 Å². The Labute approximate surface area is 178 Å². The van der Waals surface area contributed by atoms with Gasteiger partial charge in [0.2, 0.25) is 16.2 Å². The number of carbonyl (C=O) groups is 1. The van der Waals surface area contributed by atoms with Gasteiger partial charge in [-0.25, -0.2) is 17.6 Å². The number of hydrogen-bond acceptors (Lipinski definition) is 4. The van der Waals surface area contributed by atoms with Crippen LogP contribution in [0.2, 0.25) is 10.0 Å². The van der Waals surface area contributed by atoms with Crippen molar-refractivity contribution in [2.45, 2.75) is 33.0 Å². The van der Waals surface area contributed by atoms with Gasteiger partial charge < -0.3 is 9.84 Å². The van der Waals surface area contributed by atoms with E-state index in [-0.39, 0.29) is 34.6 Å². The molecule has 2 aromatic carbocycles. The normalized spacial score (nSPS) is 12.4. The summed E-state index contributed by atoms with van der Waals surface area (Å²) in [6, 6.07) is 7.95. The van der Waals surface area contributed by atoms with Gasteiger partial charge in [0.1, 0.15) is 6.61 Å². The van der Waals surface area contributed by atoms with E-state index in [0.29, 0.717) is 16.8 Å². The van der Waals surface area contributed by atoms with Gasteiger partial charge >= 0.3 is 5.97 Å². The second kappa shape index (κ2) is 9.65. The first-order valence-electron chi connectivity index (χ1n) is 8.59. The molecule has 0 saturated heterocycles. The molecule has 2 aromatic rings. The minimum Gasteiger partial charge on any atom is -0.486 e. The molecule has 1 atom stereocenters. The van der Waals surface area contributed by atoms with Crippen molar-refractivity contribution in [2.75, 3.05) is 10.5 Å². The summed E-state index contributed by atoms with van der Waals surface area (Å²) in [6.45, 7) is 3.41. The zero-order valence-electron chi connectivity index (χ0n) is 15.7. The van der Waals surface area contributed by atoms with Crippen LogP contribution in [-0.2, 0) is 27.8 Å². The van der Waals surface area contributed by atoms with Gasteiger partial charge in [0.15, 0.2) is 5.75 Å². The average Bonchev–Trinajstić information content (AvgIpc) is 2.60. The number of carboxylic acid groups (broad SMARTS) is 1. The Hall–Kier alpha value is -2.03. The smallest absolute Gasteiger partial charge is 0.338 e. The summed E-state index contributed by atoms with van der Waals surface area (Å²) >= 11 is 12.3. The maximum Gasteiger partial charge on any atom is 0.338 e. The molecule has 0 aliphatic heterocycles. The maximum absolute atomic E-state index is 13.4. The molecule has 10 heteroatoms. The molecule has 29 heavy (non-hydrogen) atoms. The fourth-order valence-electron chi connectivity index (χ4n) is 2.57. The Morgan fingerprint density at radius 3 is 2.34 bits per heavy atom. The molecule has 158 valence electrons. The first-order chi connectivity index (χ1) is 13.5. The molecule has 2 N–H and O–H groups in total. The Morgan fingerprint density at radius 2 is 1.79 bits per heavy atom. The number of sulfonamides is 1. The summed E-state index contributed by atoms with van der Waals surface area (Å²) in [4.78, 5) is 10.7. The highest BCUT2D eigenvalue weighted by Crippen LogP contribution is 2.35. The minimum atomic E-state index is -3.41. The van der Waals surface area contributed by atoms with Crippen LogP contribution >= 0.6 is 23.2 Å². The number of ether oxygens (including phenoxy) is 1. The van der Waals surface area contributed by atoms with E-state index in [1.54, 1.807) is 12.1 Å². The number of alkyl halides is 1. The molecule has 0 amide bonds. The van der Waals surface area contributed by atoms with Gasteiger partial charge in [0.25, 0.3) is 0 Å². The molecule has 2 rings (SSSR count). The standard InChI is InChI=1S/C19H20Cl2FNO5S/c1-3-29(26,27)23-14-5-11(2)4-13(6-14)10-28-18-15(20)7-12(8-16(18)21)9-17(22)19(24)25/h4-8,17,23H,3,9-10H2,1-2H3,(H,24,25). The lowest BCUT2D eigenvalue weighted by Crippen LogP contribution is -2.17. The van der Waals surface area contributed by atoms with Gasteiger partial charge in [0, 0.05) is 12.1 Å². The molecule has 0 heterocycles. The average molecular weight is 464 g/mol. The highest BCUT2D eigenvalue weighted by molar-refractivity contribution is 7.92. The molecule has 0 aliphatic rings.